The van der Waals surface area contributed by atoms with Crippen LogP contribution < -0.4 is 22.1 Å². The second-order valence-corrected chi connectivity index (χ2v) is 6.22. The van der Waals surface area contributed by atoms with E-state index < -0.39 is 41.8 Å². The highest BCUT2D eigenvalue weighted by molar-refractivity contribution is 5.93. The van der Waals surface area contributed by atoms with Crippen molar-refractivity contribution in [1.82, 2.24) is 10.6 Å². The van der Waals surface area contributed by atoms with E-state index in [0.29, 0.717) is 6.42 Å². The topological polar surface area (TPSA) is 165 Å². The van der Waals surface area contributed by atoms with Crippen molar-refractivity contribution < 1.29 is 24.3 Å². The number of nitrogens with one attached hydrogen (secondary N) is 2. The number of nitrogens with two attached hydrogens (primary N) is 2. The summed E-state index contributed by atoms with van der Waals surface area (Å²) >= 11 is 0. The van der Waals surface area contributed by atoms with Gasteiger partial charge in [-0.1, -0.05) is 34.1 Å². The van der Waals surface area contributed by atoms with E-state index in [1.165, 1.54) is 0 Å². The lowest BCUT2D eigenvalue weighted by Gasteiger charge is -2.27. The van der Waals surface area contributed by atoms with Crippen molar-refractivity contribution in [3.8, 4) is 0 Å². The average Bonchev–Trinajstić information content (AvgIpc) is 2.47. The van der Waals surface area contributed by atoms with Gasteiger partial charge in [-0.15, -0.1) is 0 Å². The van der Waals surface area contributed by atoms with Crippen LogP contribution in [0.3, 0.4) is 0 Å². The highest BCUT2D eigenvalue weighted by Crippen LogP contribution is 2.10. The molecule has 138 valence electrons. The molecule has 0 saturated heterocycles. The van der Waals surface area contributed by atoms with Gasteiger partial charge in [0.25, 0.3) is 0 Å². The molecule has 0 saturated carbocycles. The van der Waals surface area contributed by atoms with Crippen molar-refractivity contribution in [2.45, 2.75) is 58.7 Å². The van der Waals surface area contributed by atoms with Crippen molar-refractivity contribution in [3.63, 3.8) is 0 Å². The molecular formula is C15H28N4O5. The summed E-state index contributed by atoms with van der Waals surface area (Å²) in [5, 5.41) is 14.1. The molecule has 0 aromatic rings. The molecule has 9 heteroatoms. The first-order chi connectivity index (χ1) is 11.0. The zero-order valence-electron chi connectivity index (χ0n) is 14.5. The Balaban J connectivity index is 5.04. The lowest BCUT2D eigenvalue weighted by Crippen LogP contribution is -2.57. The van der Waals surface area contributed by atoms with E-state index in [-0.39, 0.29) is 18.3 Å². The van der Waals surface area contributed by atoms with Gasteiger partial charge < -0.3 is 27.2 Å². The number of carboxylic acid groups (broad SMARTS) is 1. The number of amides is 3. The van der Waals surface area contributed by atoms with E-state index in [0.717, 1.165) is 0 Å². The smallest absolute Gasteiger partial charge is 0.326 e. The summed E-state index contributed by atoms with van der Waals surface area (Å²) < 4.78 is 0. The van der Waals surface area contributed by atoms with Crippen LogP contribution in [0.5, 0.6) is 0 Å². The minimum Gasteiger partial charge on any atom is -0.480 e. The Labute approximate surface area is 141 Å². The van der Waals surface area contributed by atoms with Crippen LogP contribution in [-0.4, -0.2) is 46.9 Å². The largest absolute Gasteiger partial charge is 0.480 e. The van der Waals surface area contributed by atoms with Crippen LogP contribution in [0, 0.1) is 11.8 Å². The highest BCUT2D eigenvalue weighted by atomic mass is 16.4. The number of hydrogen-bond acceptors (Lipinski definition) is 5. The number of hydrogen-bond donors (Lipinski definition) is 5. The Bertz CT molecular complexity index is 480. The first-order valence-electron chi connectivity index (χ1n) is 7.88. The number of primary amides is 1. The van der Waals surface area contributed by atoms with Crippen LogP contribution >= 0.6 is 0 Å². The molecule has 3 amide bonds. The Morgan fingerprint density at radius 2 is 1.50 bits per heavy atom. The Morgan fingerprint density at radius 1 is 1.00 bits per heavy atom. The molecule has 9 nitrogen and oxygen atoms in total. The molecule has 0 aromatic heterocycles. The third kappa shape index (κ3) is 6.95. The third-order valence-electron chi connectivity index (χ3n) is 3.78. The SMILES string of the molecule is CC[C@H](C)[C@H](NC(=O)[C@@H](NC(=O)[C@@H](N)CC(N)=O)C(C)C)C(=O)O. The molecule has 4 atom stereocenters. The van der Waals surface area contributed by atoms with Crippen molar-refractivity contribution in [2.75, 3.05) is 0 Å². The molecule has 0 bridgehead atoms. The average molecular weight is 344 g/mol. The van der Waals surface area contributed by atoms with Crippen LogP contribution in [0.4, 0.5) is 0 Å². The van der Waals surface area contributed by atoms with Gasteiger partial charge >= 0.3 is 5.97 Å². The lowest BCUT2D eigenvalue weighted by atomic mass is 9.97. The fourth-order valence-corrected chi connectivity index (χ4v) is 2.03. The van der Waals surface area contributed by atoms with E-state index in [2.05, 4.69) is 10.6 Å². The Hall–Kier alpha value is -2.16. The minimum atomic E-state index is -1.17. The molecule has 0 aliphatic carbocycles. The highest BCUT2D eigenvalue weighted by Gasteiger charge is 2.32. The molecule has 0 aliphatic heterocycles. The first kappa shape index (κ1) is 21.8. The Kier molecular flexibility index (Phi) is 8.97. The fourth-order valence-electron chi connectivity index (χ4n) is 2.03. The molecule has 0 aromatic carbocycles. The summed E-state index contributed by atoms with van der Waals surface area (Å²) in [4.78, 5) is 46.5. The van der Waals surface area contributed by atoms with Crippen molar-refractivity contribution in [1.29, 1.82) is 0 Å². The quantitative estimate of drug-likeness (QED) is 0.339. The van der Waals surface area contributed by atoms with Crippen LogP contribution in [0.25, 0.3) is 0 Å². The van der Waals surface area contributed by atoms with Gasteiger partial charge in [0.15, 0.2) is 0 Å². The third-order valence-corrected chi connectivity index (χ3v) is 3.78. The van der Waals surface area contributed by atoms with Crippen LogP contribution in [-0.2, 0) is 19.2 Å². The van der Waals surface area contributed by atoms with E-state index in [9.17, 15) is 24.3 Å². The van der Waals surface area contributed by atoms with Crippen LogP contribution in [0.15, 0.2) is 0 Å². The van der Waals surface area contributed by atoms with Crippen LogP contribution in [0.1, 0.15) is 40.5 Å². The summed E-state index contributed by atoms with van der Waals surface area (Å²) in [6.45, 7) is 6.93. The Morgan fingerprint density at radius 3 is 1.88 bits per heavy atom. The normalized spacial score (nSPS) is 15.9. The number of aliphatic carboxylic acids is 1. The van der Waals surface area contributed by atoms with Gasteiger partial charge in [-0.25, -0.2) is 4.79 Å². The second-order valence-electron chi connectivity index (χ2n) is 6.22. The zero-order chi connectivity index (χ0) is 19.0. The summed E-state index contributed by atoms with van der Waals surface area (Å²) in [5.74, 6) is -3.76. The van der Waals surface area contributed by atoms with Crippen molar-refractivity contribution in [2.24, 2.45) is 23.3 Å². The van der Waals surface area contributed by atoms with E-state index in [1.54, 1.807) is 20.8 Å². The summed E-state index contributed by atoms with van der Waals surface area (Å²) in [7, 11) is 0. The molecule has 0 spiro atoms. The molecule has 0 radical (unpaired) electrons. The maximum Gasteiger partial charge on any atom is 0.326 e. The first-order valence-corrected chi connectivity index (χ1v) is 7.88. The van der Waals surface area contributed by atoms with Crippen molar-refractivity contribution in [3.05, 3.63) is 0 Å². The van der Waals surface area contributed by atoms with Gasteiger partial charge in [-0.3, -0.25) is 14.4 Å². The van der Waals surface area contributed by atoms with Gasteiger partial charge in [0.05, 0.1) is 12.5 Å². The molecule has 7 N–H and O–H groups in total. The maximum atomic E-state index is 12.4. The van der Waals surface area contributed by atoms with Gasteiger partial charge in [-0.2, -0.15) is 0 Å². The fraction of sp³-hybridized carbons (Fsp3) is 0.733. The second kappa shape index (κ2) is 9.86. The van der Waals surface area contributed by atoms with E-state index in [4.69, 9.17) is 11.5 Å². The predicted octanol–water partition coefficient (Wildman–Crippen LogP) is -1.05. The van der Waals surface area contributed by atoms with Gasteiger partial charge in [0.2, 0.25) is 17.7 Å². The van der Waals surface area contributed by atoms with E-state index >= 15 is 0 Å². The maximum absolute atomic E-state index is 12.4. The molecule has 0 fully saturated rings. The van der Waals surface area contributed by atoms with E-state index in [1.807, 2.05) is 6.92 Å². The zero-order valence-corrected chi connectivity index (χ0v) is 14.5. The number of carbonyl (C=O) groups is 4. The minimum absolute atomic E-state index is 0.271. The molecule has 0 unspecified atom stereocenters. The predicted molar refractivity (Wildman–Crippen MR) is 87.6 cm³/mol. The van der Waals surface area contributed by atoms with Gasteiger partial charge in [-0.05, 0) is 11.8 Å². The lowest BCUT2D eigenvalue weighted by molar-refractivity contribution is -0.144. The summed E-state index contributed by atoms with van der Waals surface area (Å²) in [6.07, 6.45) is 0.225. The summed E-state index contributed by atoms with van der Waals surface area (Å²) in [6, 6.07) is -3.19. The van der Waals surface area contributed by atoms with Crippen molar-refractivity contribution >= 4 is 23.7 Å². The molecular weight excluding hydrogens is 316 g/mol. The standard InChI is InChI=1S/C15H28N4O5/c1-5-8(4)12(15(23)24)19-14(22)11(7(2)3)18-13(21)9(16)6-10(17)20/h7-9,11-12H,5-6,16H2,1-4H3,(H2,17,20)(H,18,21)(H,19,22)(H,23,24)/t8-,9-,11-,12-/m0/s1. The molecule has 0 aliphatic rings. The molecule has 24 heavy (non-hydrogen) atoms. The number of rotatable bonds is 10. The van der Waals surface area contributed by atoms with Crippen LogP contribution in [0.2, 0.25) is 0 Å². The number of carboxylic acids is 1. The monoisotopic (exact) mass is 344 g/mol. The van der Waals surface area contributed by atoms with Gasteiger partial charge in [0.1, 0.15) is 12.1 Å². The molecule has 0 rings (SSSR count). The number of carbonyl (C=O) groups excluding carboxylic acids is 3. The summed E-state index contributed by atoms with van der Waals surface area (Å²) in [5.41, 5.74) is 10.5. The molecule has 0 heterocycles. The van der Waals surface area contributed by atoms with Gasteiger partial charge in [0, 0.05) is 0 Å².